The van der Waals surface area contributed by atoms with E-state index in [9.17, 15) is 13.6 Å². The number of piperidine rings is 1. The van der Waals surface area contributed by atoms with Crippen LogP contribution in [0.2, 0.25) is 0 Å². The zero-order valence-electron chi connectivity index (χ0n) is 10.2. The van der Waals surface area contributed by atoms with Gasteiger partial charge >= 0.3 is 5.97 Å². The largest absolute Gasteiger partial charge is 0.465 e. The molecule has 0 N–H and O–H groups in total. The molecule has 1 aliphatic rings. The summed E-state index contributed by atoms with van der Waals surface area (Å²) in [5.74, 6) is -2.98. The van der Waals surface area contributed by atoms with E-state index in [0.717, 1.165) is 5.69 Å². The van der Waals surface area contributed by atoms with Crippen molar-refractivity contribution in [2.24, 2.45) is 0 Å². The average Bonchev–Trinajstić information content (AvgIpc) is 2.38. The molecule has 3 nitrogen and oxygen atoms in total. The van der Waals surface area contributed by atoms with Gasteiger partial charge in [-0.15, -0.1) is 0 Å². The Bertz CT molecular complexity index is 438. The second-order valence-electron chi connectivity index (χ2n) is 4.38. The van der Waals surface area contributed by atoms with Crippen molar-refractivity contribution in [1.29, 1.82) is 0 Å². The Morgan fingerprint density at radius 1 is 1.33 bits per heavy atom. The highest BCUT2D eigenvalue weighted by Crippen LogP contribution is 2.30. The molecule has 0 aliphatic carbocycles. The van der Waals surface area contributed by atoms with Gasteiger partial charge in [-0.1, -0.05) is 6.07 Å². The fourth-order valence-corrected chi connectivity index (χ4v) is 2.04. The Morgan fingerprint density at radius 3 is 2.61 bits per heavy atom. The third kappa shape index (κ3) is 2.78. The summed E-state index contributed by atoms with van der Waals surface area (Å²) in [6.07, 6.45) is -0.287. The van der Waals surface area contributed by atoms with Crippen molar-refractivity contribution >= 4 is 11.7 Å². The molecule has 1 aromatic rings. The molecule has 98 valence electrons. The third-order valence-electron chi connectivity index (χ3n) is 3.13. The maximum Gasteiger partial charge on any atom is 0.337 e. The van der Waals surface area contributed by atoms with E-state index < -0.39 is 11.9 Å². The SMILES string of the molecule is COC(=O)c1cccc(N2CCC(F)(F)CC2)c1. The van der Waals surface area contributed by atoms with Gasteiger partial charge in [0, 0.05) is 31.6 Å². The summed E-state index contributed by atoms with van der Waals surface area (Å²) in [6.45, 7) is 0.606. The quantitative estimate of drug-likeness (QED) is 0.761. The van der Waals surface area contributed by atoms with Crippen LogP contribution in [0.1, 0.15) is 23.2 Å². The van der Waals surface area contributed by atoms with Crippen molar-refractivity contribution in [3.63, 3.8) is 0 Å². The third-order valence-corrected chi connectivity index (χ3v) is 3.13. The van der Waals surface area contributed by atoms with Crippen molar-refractivity contribution < 1.29 is 18.3 Å². The van der Waals surface area contributed by atoms with Gasteiger partial charge < -0.3 is 9.64 Å². The Balaban J connectivity index is 2.12. The van der Waals surface area contributed by atoms with Crippen molar-refractivity contribution in [2.45, 2.75) is 18.8 Å². The zero-order chi connectivity index (χ0) is 13.2. The first-order chi connectivity index (χ1) is 8.52. The lowest BCUT2D eigenvalue weighted by atomic mass is 10.1. The molecule has 2 rings (SSSR count). The summed E-state index contributed by atoms with van der Waals surface area (Å²) in [5, 5.41) is 0. The van der Waals surface area contributed by atoms with Gasteiger partial charge in [0.05, 0.1) is 12.7 Å². The number of halogens is 2. The smallest absolute Gasteiger partial charge is 0.337 e. The molecule has 1 aromatic carbocycles. The second-order valence-corrected chi connectivity index (χ2v) is 4.38. The van der Waals surface area contributed by atoms with E-state index in [1.165, 1.54) is 7.11 Å². The molecule has 0 amide bonds. The van der Waals surface area contributed by atoms with E-state index in [2.05, 4.69) is 4.74 Å². The predicted octanol–water partition coefficient (Wildman–Crippen LogP) is 2.71. The van der Waals surface area contributed by atoms with E-state index in [-0.39, 0.29) is 12.8 Å². The number of nitrogens with zero attached hydrogens (tertiary/aromatic N) is 1. The van der Waals surface area contributed by atoms with Gasteiger partial charge in [-0.05, 0) is 18.2 Å². The number of methoxy groups -OCH3 is 1. The number of hydrogen-bond donors (Lipinski definition) is 0. The molecule has 1 fully saturated rings. The number of esters is 1. The van der Waals surface area contributed by atoms with E-state index >= 15 is 0 Å². The summed E-state index contributed by atoms with van der Waals surface area (Å²) in [5.41, 5.74) is 1.22. The minimum absolute atomic E-state index is 0.143. The van der Waals surface area contributed by atoms with E-state index in [4.69, 9.17) is 0 Å². The monoisotopic (exact) mass is 255 g/mol. The fraction of sp³-hybridized carbons (Fsp3) is 0.462. The molecule has 0 saturated carbocycles. The second kappa shape index (κ2) is 4.92. The number of carbonyl (C=O) groups excluding carboxylic acids is 1. The summed E-state index contributed by atoms with van der Waals surface area (Å²) in [6, 6.07) is 6.87. The molecule has 0 radical (unpaired) electrons. The van der Waals surface area contributed by atoms with Gasteiger partial charge in [0.2, 0.25) is 0 Å². The number of alkyl halides is 2. The highest BCUT2D eigenvalue weighted by atomic mass is 19.3. The molecule has 1 saturated heterocycles. The fourth-order valence-electron chi connectivity index (χ4n) is 2.04. The molecule has 0 unspecified atom stereocenters. The highest BCUT2D eigenvalue weighted by Gasteiger charge is 2.34. The van der Waals surface area contributed by atoms with Crippen LogP contribution in [0.15, 0.2) is 24.3 Å². The van der Waals surface area contributed by atoms with Gasteiger partial charge in [-0.2, -0.15) is 0 Å². The molecular weight excluding hydrogens is 240 g/mol. The average molecular weight is 255 g/mol. The Kier molecular flexibility index (Phi) is 3.50. The lowest BCUT2D eigenvalue weighted by molar-refractivity contribution is -0.0220. The van der Waals surface area contributed by atoms with Crippen molar-refractivity contribution in [3.8, 4) is 0 Å². The summed E-state index contributed by atoms with van der Waals surface area (Å²) < 4.78 is 30.7. The van der Waals surface area contributed by atoms with Crippen LogP contribution in [0.3, 0.4) is 0 Å². The molecule has 0 atom stereocenters. The van der Waals surface area contributed by atoms with Gasteiger partial charge in [0.15, 0.2) is 0 Å². The number of ether oxygens (including phenoxy) is 1. The lowest BCUT2D eigenvalue weighted by Gasteiger charge is -2.33. The van der Waals surface area contributed by atoms with Gasteiger partial charge in [0.25, 0.3) is 5.92 Å². The summed E-state index contributed by atoms with van der Waals surface area (Å²) in [4.78, 5) is 13.3. The number of hydrogen-bond acceptors (Lipinski definition) is 3. The van der Waals surface area contributed by atoms with Crippen LogP contribution >= 0.6 is 0 Å². The van der Waals surface area contributed by atoms with Crippen molar-refractivity contribution in [1.82, 2.24) is 0 Å². The van der Waals surface area contributed by atoms with Crippen LogP contribution in [0.4, 0.5) is 14.5 Å². The number of anilines is 1. The molecule has 1 heterocycles. The molecule has 0 spiro atoms. The molecular formula is C13H15F2NO2. The van der Waals surface area contributed by atoms with E-state index in [1.807, 2.05) is 11.0 Å². The maximum atomic E-state index is 13.1. The van der Waals surface area contributed by atoms with Crippen LogP contribution in [-0.4, -0.2) is 32.1 Å². The number of carbonyl (C=O) groups is 1. The van der Waals surface area contributed by atoms with Crippen LogP contribution in [0.25, 0.3) is 0 Å². The molecule has 1 aliphatic heterocycles. The Morgan fingerprint density at radius 2 is 2.00 bits per heavy atom. The van der Waals surface area contributed by atoms with Gasteiger partial charge in [0.1, 0.15) is 0 Å². The normalized spacial score (nSPS) is 18.5. The first-order valence-corrected chi connectivity index (χ1v) is 5.83. The predicted molar refractivity (Wildman–Crippen MR) is 64.2 cm³/mol. The van der Waals surface area contributed by atoms with Crippen LogP contribution in [0, 0.1) is 0 Å². The van der Waals surface area contributed by atoms with Crippen LogP contribution in [-0.2, 0) is 4.74 Å². The first-order valence-electron chi connectivity index (χ1n) is 5.83. The Labute approximate surface area is 104 Å². The van der Waals surface area contributed by atoms with E-state index in [1.54, 1.807) is 18.2 Å². The van der Waals surface area contributed by atoms with Crippen molar-refractivity contribution in [3.05, 3.63) is 29.8 Å². The van der Waals surface area contributed by atoms with Crippen molar-refractivity contribution in [2.75, 3.05) is 25.1 Å². The number of rotatable bonds is 2. The maximum absolute atomic E-state index is 13.1. The minimum Gasteiger partial charge on any atom is -0.465 e. The summed E-state index contributed by atoms with van der Waals surface area (Å²) in [7, 11) is 1.32. The molecule has 0 bridgehead atoms. The first kappa shape index (κ1) is 12.8. The highest BCUT2D eigenvalue weighted by molar-refractivity contribution is 5.90. The molecule has 5 heteroatoms. The lowest BCUT2D eigenvalue weighted by Crippen LogP contribution is -2.39. The standard InChI is InChI=1S/C13H15F2NO2/c1-18-12(17)10-3-2-4-11(9-10)16-7-5-13(14,15)6-8-16/h2-4,9H,5-8H2,1H3. The molecule has 0 aromatic heterocycles. The minimum atomic E-state index is -2.56. The van der Waals surface area contributed by atoms with Gasteiger partial charge in [-0.3, -0.25) is 0 Å². The van der Waals surface area contributed by atoms with Gasteiger partial charge in [-0.25, -0.2) is 13.6 Å². The van der Waals surface area contributed by atoms with Crippen LogP contribution in [0.5, 0.6) is 0 Å². The number of benzene rings is 1. The topological polar surface area (TPSA) is 29.5 Å². The summed E-state index contributed by atoms with van der Waals surface area (Å²) >= 11 is 0. The van der Waals surface area contributed by atoms with Crippen LogP contribution < -0.4 is 4.90 Å². The Hall–Kier alpha value is -1.65. The zero-order valence-corrected chi connectivity index (χ0v) is 10.2. The molecule has 18 heavy (non-hydrogen) atoms. The van der Waals surface area contributed by atoms with E-state index in [0.29, 0.717) is 18.7 Å².